The Morgan fingerprint density at radius 1 is 1.21 bits per heavy atom. The minimum absolute atomic E-state index is 0.109. The number of carbonyl (C=O) groups is 2. The normalized spacial score (nSPS) is 30.6. The minimum atomic E-state index is -0.548. The molecule has 3 aliphatic rings. The zero-order valence-corrected chi connectivity index (χ0v) is 13.1. The standard InChI is InChI=1S/C16H12ClN3O4/c17-12-4-3-11(20(23)24)6-10(12)7-18-19-15(21)13-8-1-2-9(5-8)14(13)16(19)22/h1-4,6-9,13-14H,5H2/b18-7-/t8-,9-,13-,14+/m1/s1. The van der Waals surface area contributed by atoms with Gasteiger partial charge < -0.3 is 0 Å². The summed E-state index contributed by atoms with van der Waals surface area (Å²) in [6, 6.07) is 3.91. The van der Waals surface area contributed by atoms with Crippen molar-refractivity contribution in [2.24, 2.45) is 28.8 Å². The van der Waals surface area contributed by atoms with Crippen LogP contribution in [0.5, 0.6) is 0 Å². The summed E-state index contributed by atoms with van der Waals surface area (Å²) >= 11 is 6.00. The molecule has 1 heterocycles. The van der Waals surface area contributed by atoms with E-state index in [4.69, 9.17) is 11.6 Å². The molecule has 122 valence electrons. The van der Waals surface area contributed by atoms with Crippen molar-refractivity contribution < 1.29 is 14.5 Å². The molecule has 8 heteroatoms. The van der Waals surface area contributed by atoms with Crippen LogP contribution in [-0.4, -0.2) is 28.0 Å². The molecule has 24 heavy (non-hydrogen) atoms. The lowest BCUT2D eigenvalue weighted by molar-refractivity contribution is -0.384. The van der Waals surface area contributed by atoms with Crippen molar-refractivity contribution in [3.05, 3.63) is 51.1 Å². The molecule has 4 rings (SSSR count). The Hall–Kier alpha value is -2.54. The first-order valence-electron chi connectivity index (χ1n) is 7.51. The van der Waals surface area contributed by atoms with Crippen LogP contribution in [0.15, 0.2) is 35.5 Å². The molecule has 2 amide bonds. The van der Waals surface area contributed by atoms with Crippen LogP contribution >= 0.6 is 11.6 Å². The molecule has 1 aromatic rings. The Bertz CT molecular complexity index is 805. The van der Waals surface area contributed by atoms with Gasteiger partial charge in [-0.2, -0.15) is 10.1 Å². The van der Waals surface area contributed by atoms with Gasteiger partial charge >= 0.3 is 0 Å². The van der Waals surface area contributed by atoms with Gasteiger partial charge in [0, 0.05) is 22.7 Å². The van der Waals surface area contributed by atoms with Crippen LogP contribution in [0.25, 0.3) is 0 Å². The number of nitrogens with zero attached hydrogens (tertiary/aromatic N) is 3. The number of allylic oxidation sites excluding steroid dienone is 2. The van der Waals surface area contributed by atoms with E-state index >= 15 is 0 Å². The lowest BCUT2D eigenvalue weighted by atomic mass is 9.85. The largest absolute Gasteiger partial charge is 0.272 e. The maximum absolute atomic E-state index is 12.5. The molecule has 0 unspecified atom stereocenters. The minimum Gasteiger partial charge on any atom is -0.272 e. The molecule has 7 nitrogen and oxygen atoms in total. The van der Waals surface area contributed by atoms with Crippen molar-refractivity contribution in [2.45, 2.75) is 6.42 Å². The van der Waals surface area contributed by atoms with E-state index in [2.05, 4.69) is 5.10 Å². The maximum atomic E-state index is 12.5. The van der Waals surface area contributed by atoms with Gasteiger partial charge in [0.2, 0.25) is 0 Å². The average Bonchev–Trinajstić information content (AvgIpc) is 3.22. The van der Waals surface area contributed by atoms with Crippen LogP contribution < -0.4 is 0 Å². The maximum Gasteiger partial charge on any atom is 0.270 e. The molecule has 0 radical (unpaired) electrons. The van der Waals surface area contributed by atoms with E-state index in [1.54, 1.807) is 0 Å². The molecular formula is C16H12ClN3O4. The third-order valence-corrected chi connectivity index (χ3v) is 5.29. The molecule has 4 atom stereocenters. The molecule has 1 saturated carbocycles. The number of non-ortho nitro benzene ring substituents is 1. The van der Waals surface area contributed by atoms with E-state index < -0.39 is 4.92 Å². The molecule has 0 N–H and O–H groups in total. The molecule has 1 saturated heterocycles. The summed E-state index contributed by atoms with van der Waals surface area (Å²) in [4.78, 5) is 35.3. The lowest BCUT2D eigenvalue weighted by Gasteiger charge is -2.13. The second-order valence-electron chi connectivity index (χ2n) is 6.20. The number of rotatable bonds is 3. The van der Waals surface area contributed by atoms with E-state index in [1.165, 1.54) is 24.4 Å². The molecule has 2 fully saturated rings. The highest BCUT2D eigenvalue weighted by molar-refractivity contribution is 6.33. The van der Waals surface area contributed by atoms with Crippen LogP contribution in [0, 0.1) is 33.8 Å². The smallest absolute Gasteiger partial charge is 0.270 e. The van der Waals surface area contributed by atoms with Gasteiger partial charge in [0.05, 0.1) is 23.0 Å². The SMILES string of the molecule is O=C1[C@@H]2[C@H](C(=O)N1/N=C\c1cc([N+](=O)[O-])ccc1Cl)[C@@H]1C=C[C@@H]2C1. The number of halogens is 1. The fourth-order valence-electron chi connectivity index (χ4n) is 3.86. The van der Waals surface area contributed by atoms with Gasteiger partial charge in [-0.05, 0) is 24.3 Å². The number of nitro benzene ring substituents is 1. The highest BCUT2D eigenvalue weighted by atomic mass is 35.5. The van der Waals surface area contributed by atoms with E-state index in [-0.39, 0.29) is 51.8 Å². The highest BCUT2D eigenvalue weighted by Crippen LogP contribution is 2.52. The van der Waals surface area contributed by atoms with Crippen LogP contribution in [0.2, 0.25) is 5.02 Å². The second kappa shape index (κ2) is 5.24. The Kier molecular flexibility index (Phi) is 3.28. The molecule has 0 spiro atoms. The van der Waals surface area contributed by atoms with Gasteiger partial charge in [0.25, 0.3) is 17.5 Å². The quantitative estimate of drug-likeness (QED) is 0.276. The van der Waals surface area contributed by atoms with Crippen molar-refractivity contribution in [1.82, 2.24) is 5.01 Å². The van der Waals surface area contributed by atoms with Gasteiger partial charge in [-0.25, -0.2) is 0 Å². The molecule has 2 bridgehead atoms. The van der Waals surface area contributed by atoms with E-state index in [0.717, 1.165) is 11.4 Å². The molecule has 1 aromatic carbocycles. The van der Waals surface area contributed by atoms with E-state index in [0.29, 0.717) is 0 Å². The third-order valence-electron chi connectivity index (χ3n) is 4.95. The molecule has 2 aliphatic carbocycles. The van der Waals surface area contributed by atoms with Crippen LogP contribution in [0.1, 0.15) is 12.0 Å². The van der Waals surface area contributed by atoms with Gasteiger partial charge in [-0.1, -0.05) is 23.8 Å². The monoisotopic (exact) mass is 345 g/mol. The molecule has 1 aliphatic heterocycles. The summed E-state index contributed by atoms with van der Waals surface area (Å²) in [5.41, 5.74) is 0.142. The number of hydrogen-bond acceptors (Lipinski definition) is 5. The zero-order chi connectivity index (χ0) is 17.0. The molecular weight excluding hydrogens is 334 g/mol. The van der Waals surface area contributed by atoms with Crippen molar-refractivity contribution >= 4 is 35.3 Å². The number of hydrogen-bond donors (Lipinski definition) is 0. The summed E-state index contributed by atoms with van der Waals surface area (Å²) < 4.78 is 0. The fraction of sp³-hybridized carbons (Fsp3) is 0.312. The van der Waals surface area contributed by atoms with Crippen molar-refractivity contribution in [3.8, 4) is 0 Å². The van der Waals surface area contributed by atoms with Gasteiger partial charge in [0.15, 0.2) is 0 Å². The Labute approximate surface area is 141 Å². The first kappa shape index (κ1) is 15.0. The summed E-state index contributed by atoms with van der Waals surface area (Å²) in [6.45, 7) is 0. The van der Waals surface area contributed by atoms with Crippen LogP contribution in [0.3, 0.4) is 0 Å². The Morgan fingerprint density at radius 3 is 2.42 bits per heavy atom. The number of imide groups is 1. The average molecular weight is 346 g/mol. The van der Waals surface area contributed by atoms with Crippen LogP contribution in [-0.2, 0) is 9.59 Å². The second-order valence-corrected chi connectivity index (χ2v) is 6.60. The molecule has 0 aromatic heterocycles. The summed E-state index contributed by atoms with van der Waals surface area (Å²) in [7, 11) is 0. The van der Waals surface area contributed by atoms with Gasteiger partial charge in [-0.15, -0.1) is 0 Å². The first-order valence-corrected chi connectivity index (χ1v) is 7.89. The summed E-state index contributed by atoms with van der Waals surface area (Å²) in [6.07, 6.45) is 6.08. The fourth-order valence-corrected chi connectivity index (χ4v) is 4.03. The number of carbonyl (C=O) groups excluding carboxylic acids is 2. The topological polar surface area (TPSA) is 92.9 Å². The van der Waals surface area contributed by atoms with Crippen LogP contribution in [0.4, 0.5) is 5.69 Å². The summed E-state index contributed by atoms with van der Waals surface area (Å²) in [5, 5.41) is 15.9. The van der Waals surface area contributed by atoms with E-state index in [1.807, 2.05) is 12.2 Å². The number of nitro groups is 1. The Morgan fingerprint density at radius 2 is 1.83 bits per heavy atom. The van der Waals surface area contributed by atoms with Gasteiger partial charge in [-0.3, -0.25) is 19.7 Å². The number of hydrazone groups is 1. The van der Waals surface area contributed by atoms with Crippen molar-refractivity contribution in [3.63, 3.8) is 0 Å². The first-order chi connectivity index (χ1) is 11.5. The van der Waals surface area contributed by atoms with E-state index in [9.17, 15) is 19.7 Å². The van der Waals surface area contributed by atoms with Crippen molar-refractivity contribution in [2.75, 3.05) is 0 Å². The predicted molar refractivity (Wildman–Crippen MR) is 85.3 cm³/mol. The highest BCUT2D eigenvalue weighted by Gasteiger charge is 2.59. The predicted octanol–water partition coefficient (Wildman–Crippen LogP) is 2.39. The number of benzene rings is 1. The third kappa shape index (κ3) is 2.08. The number of amides is 2. The number of fused-ring (bicyclic) bond motifs is 5. The van der Waals surface area contributed by atoms with Crippen molar-refractivity contribution in [1.29, 1.82) is 0 Å². The van der Waals surface area contributed by atoms with Gasteiger partial charge in [0.1, 0.15) is 0 Å². The Balaban J connectivity index is 1.61. The lowest BCUT2D eigenvalue weighted by Crippen LogP contribution is -2.28. The summed E-state index contributed by atoms with van der Waals surface area (Å²) in [5.74, 6) is -1.05. The zero-order valence-electron chi connectivity index (χ0n) is 12.3.